The monoisotopic (exact) mass is 147 g/mol. The van der Waals surface area contributed by atoms with Crippen molar-refractivity contribution in [1.82, 2.24) is 0 Å². The first kappa shape index (κ1) is 5.81. The molecule has 0 spiro atoms. The smallest absolute Gasteiger partial charge is 0.0620 e. The molecule has 0 aromatic rings. The number of fused-ring (bicyclic) bond motifs is 1. The Hall–Kier alpha value is -0.950. The minimum absolute atomic E-state index is 1.33. The van der Waals surface area contributed by atoms with E-state index < -0.39 is 0 Å². The van der Waals surface area contributed by atoms with Gasteiger partial charge in [-0.2, -0.15) is 0 Å². The molecule has 1 aliphatic carbocycles. The van der Waals surface area contributed by atoms with Crippen molar-refractivity contribution in [3.8, 4) is 10.4 Å². The van der Waals surface area contributed by atoms with Gasteiger partial charge in [0.15, 0.2) is 5.38 Å². The quantitative estimate of drug-likeness (QED) is 0.502. The second-order valence-corrected chi connectivity index (χ2v) is 3.10. The molecule has 0 aromatic heterocycles. The lowest BCUT2D eigenvalue weighted by Gasteiger charge is -1.74. The number of hydrogen-bond donors (Lipinski definition) is 0. The molecular formula is C9H7S+. The summed E-state index contributed by atoms with van der Waals surface area (Å²) in [4.78, 5) is 1.35. The van der Waals surface area contributed by atoms with Gasteiger partial charge >= 0.3 is 0 Å². The van der Waals surface area contributed by atoms with E-state index in [-0.39, 0.29) is 0 Å². The lowest BCUT2D eigenvalue weighted by Crippen LogP contribution is -1.57. The minimum atomic E-state index is 1.33. The van der Waals surface area contributed by atoms with Crippen LogP contribution >= 0.6 is 11.3 Å². The fourth-order valence-electron chi connectivity index (χ4n) is 0.970. The molecule has 0 radical (unpaired) electrons. The molecule has 0 saturated heterocycles. The van der Waals surface area contributed by atoms with Crippen LogP contribution in [0, 0.1) is 0 Å². The normalized spacial score (nSPS) is 10.0. The zero-order valence-electron chi connectivity index (χ0n) is 5.45. The predicted octanol–water partition coefficient (Wildman–Crippen LogP) is 3.13. The maximum Gasteiger partial charge on any atom is 0.238 e. The van der Waals surface area contributed by atoms with Crippen LogP contribution in [0.5, 0.6) is 0 Å². The summed E-state index contributed by atoms with van der Waals surface area (Å²) in [7, 11) is 0. The number of thiophene rings is 1. The molecule has 1 aliphatic heterocycles. The maximum atomic E-state index is 2.14. The summed E-state index contributed by atoms with van der Waals surface area (Å²) in [6, 6.07) is 12.6. The van der Waals surface area contributed by atoms with E-state index in [4.69, 9.17) is 0 Å². The van der Waals surface area contributed by atoms with Crippen LogP contribution in [0.4, 0.5) is 0 Å². The molecule has 2 rings (SSSR count). The number of hydrogen-bond acceptors (Lipinski definition) is 0. The molecule has 0 nitrogen and oxygen atoms in total. The Labute approximate surface area is 64.1 Å². The van der Waals surface area contributed by atoms with Crippen molar-refractivity contribution < 1.29 is 0 Å². The first-order chi connectivity index (χ1) is 4.97. The lowest BCUT2D eigenvalue weighted by atomic mass is 10.3. The largest absolute Gasteiger partial charge is 0.238 e. The Morgan fingerprint density at radius 2 is 1.80 bits per heavy atom. The zero-order valence-corrected chi connectivity index (χ0v) is 6.27. The fraction of sp³-hybridized carbons (Fsp3) is 0. The molecule has 0 unspecified atom stereocenters. The van der Waals surface area contributed by atoms with Gasteiger partial charge in [-0.3, -0.25) is 0 Å². The van der Waals surface area contributed by atoms with Crippen LogP contribution in [0.25, 0.3) is 10.4 Å². The molecule has 1 heteroatoms. The van der Waals surface area contributed by atoms with Crippen LogP contribution in [-0.4, -0.2) is 0 Å². The van der Waals surface area contributed by atoms with E-state index in [1.807, 2.05) is 6.07 Å². The van der Waals surface area contributed by atoms with Crippen molar-refractivity contribution in [3.05, 3.63) is 41.8 Å². The van der Waals surface area contributed by atoms with Gasteiger partial charge in [-0.05, 0) is 6.07 Å². The van der Waals surface area contributed by atoms with Gasteiger partial charge in [0, 0.05) is 17.7 Å². The minimum Gasteiger partial charge on any atom is -0.0620 e. The molecule has 0 fully saturated rings. The van der Waals surface area contributed by atoms with Crippen molar-refractivity contribution in [2.75, 3.05) is 0 Å². The van der Waals surface area contributed by atoms with Gasteiger partial charge in [-0.15, -0.1) is 0 Å². The average molecular weight is 147 g/mol. The summed E-state index contributed by atoms with van der Waals surface area (Å²) in [5.74, 6) is 0. The third kappa shape index (κ3) is 0.888. The van der Waals surface area contributed by atoms with Crippen molar-refractivity contribution in [3.63, 3.8) is 0 Å². The third-order valence-electron chi connectivity index (χ3n) is 1.47. The summed E-state index contributed by atoms with van der Waals surface area (Å²) in [5.41, 5.74) is 1.33. The van der Waals surface area contributed by atoms with E-state index in [0.29, 0.717) is 0 Å². The fourth-order valence-corrected chi connectivity index (χ4v) is 1.76. The molecule has 0 bridgehead atoms. The third-order valence-corrected chi connectivity index (χ3v) is 2.37. The van der Waals surface area contributed by atoms with Crippen molar-refractivity contribution in [1.29, 1.82) is 0 Å². The maximum absolute atomic E-state index is 2.14. The van der Waals surface area contributed by atoms with Gasteiger partial charge in [0.1, 0.15) is 0 Å². The lowest BCUT2D eigenvalue weighted by molar-refractivity contribution is 1.85. The predicted molar refractivity (Wildman–Crippen MR) is 45.3 cm³/mol. The highest BCUT2D eigenvalue weighted by Crippen LogP contribution is 2.25. The summed E-state index contributed by atoms with van der Waals surface area (Å²) in [5, 5.41) is 2.12. The Bertz CT molecular complexity index is 276. The van der Waals surface area contributed by atoms with E-state index >= 15 is 0 Å². The average Bonchev–Trinajstić information content (AvgIpc) is 2.28. The zero-order chi connectivity index (χ0) is 6.81. The Balaban J connectivity index is 2.74. The molecule has 0 N–H and O–H groups in total. The van der Waals surface area contributed by atoms with Crippen LogP contribution in [0.1, 0.15) is 0 Å². The topological polar surface area (TPSA) is 0 Å². The highest BCUT2D eigenvalue weighted by molar-refractivity contribution is 7.13. The van der Waals surface area contributed by atoms with Crippen LogP contribution in [0.2, 0.25) is 0 Å². The molecule has 0 aromatic carbocycles. The summed E-state index contributed by atoms with van der Waals surface area (Å²) in [6.45, 7) is 0. The summed E-state index contributed by atoms with van der Waals surface area (Å²) in [6.07, 6.45) is 0. The van der Waals surface area contributed by atoms with Crippen LogP contribution in [-0.2, 0) is 0 Å². The van der Waals surface area contributed by atoms with E-state index in [1.165, 1.54) is 10.4 Å². The van der Waals surface area contributed by atoms with E-state index in [0.717, 1.165) is 0 Å². The first-order valence-electron chi connectivity index (χ1n) is 3.22. The SMILES string of the molecule is c1ccc2cc[s+]c-2cc1. The van der Waals surface area contributed by atoms with Gasteiger partial charge in [-0.1, -0.05) is 18.2 Å². The van der Waals surface area contributed by atoms with Crippen molar-refractivity contribution >= 4 is 11.3 Å². The van der Waals surface area contributed by atoms with Crippen LogP contribution in [0.3, 0.4) is 0 Å². The van der Waals surface area contributed by atoms with Gasteiger partial charge in [0.05, 0.1) is 0 Å². The van der Waals surface area contributed by atoms with E-state index in [2.05, 4.69) is 35.7 Å². The molecule has 10 heavy (non-hydrogen) atoms. The van der Waals surface area contributed by atoms with E-state index in [9.17, 15) is 0 Å². The summed E-state index contributed by atoms with van der Waals surface area (Å²) >= 11 is 1.78. The highest BCUT2D eigenvalue weighted by atomic mass is 32.1. The highest BCUT2D eigenvalue weighted by Gasteiger charge is 2.09. The Morgan fingerprint density at radius 1 is 0.900 bits per heavy atom. The van der Waals surface area contributed by atoms with Crippen LogP contribution in [0.15, 0.2) is 41.8 Å². The second kappa shape index (κ2) is 2.35. The van der Waals surface area contributed by atoms with Gasteiger partial charge in [0.2, 0.25) is 16.2 Å². The second-order valence-electron chi connectivity index (χ2n) is 2.15. The molecular weight excluding hydrogens is 140 g/mol. The summed E-state index contributed by atoms with van der Waals surface area (Å²) < 4.78 is 0. The molecule has 1 heterocycles. The first-order valence-corrected chi connectivity index (χ1v) is 4.10. The van der Waals surface area contributed by atoms with Crippen molar-refractivity contribution in [2.24, 2.45) is 0 Å². The van der Waals surface area contributed by atoms with Crippen LogP contribution < -0.4 is 0 Å². The molecule has 0 atom stereocenters. The molecule has 0 amide bonds. The molecule has 0 saturated carbocycles. The Kier molecular flexibility index (Phi) is 1.36. The molecule has 2 aliphatic rings. The van der Waals surface area contributed by atoms with Gasteiger partial charge in [-0.25, -0.2) is 0 Å². The standard InChI is InChI=1S/C9H7S/c1-2-4-8-6-7-10-9(8)5-3-1/h1-7H/q+1. The number of rotatable bonds is 0. The van der Waals surface area contributed by atoms with Gasteiger partial charge < -0.3 is 0 Å². The van der Waals surface area contributed by atoms with E-state index in [1.54, 1.807) is 11.3 Å². The molecule has 48 valence electrons. The van der Waals surface area contributed by atoms with Crippen molar-refractivity contribution in [2.45, 2.75) is 0 Å². The Morgan fingerprint density at radius 3 is 2.80 bits per heavy atom. The van der Waals surface area contributed by atoms with Gasteiger partial charge in [0.25, 0.3) is 0 Å².